The Labute approximate surface area is 137 Å². The Hall–Kier alpha value is -2.04. The van der Waals surface area contributed by atoms with Crippen LogP contribution in [0, 0.1) is 26.7 Å². The molecule has 1 unspecified atom stereocenters. The fraction of sp³-hybridized carbons (Fsp3) is 0.556. The minimum Gasteiger partial charge on any atom is -0.483 e. The van der Waals surface area contributed by atoms with Crippen molar-refractivity contribution in [2.75, 3.05) is 13.2 Å². The predicted molar refractivity (Wildman–Crippen MR) is 87.7 cm³/mol. The quantitative estimate of drug-likeness (QED) is 0.839. The molecular weight excluding hydrogens is 294 g/mol. The van der Waals surface area contributed by atoms with Gasteiger partial charge in [-0.05, 0) is 44.7 Å². The number of aliphatic carboxylic acids is 1. The number of carbonyl (C=O) groups is 2. The zero-order valence-corrected chi connectivity index (χ0v) is 14.3. The summed E-state index contributed by atoms with van der Waals surface area (Å²) >= 11 is 0. The first kappa shape index (κ1) is 17.3. The van der Waals surface area contributed by atoms with Crippen LogP contribution >= 0.6 is 0 Å². The van der Waals surface area contributed by atoms with Crippen LogP contribution in [0.3, 0.4) is 0 Å². The number of carboxylic acid groups (broad SMARTS) is 1. The van der Waals surface area contributed by atoms with Gasteiger partial charge in [-0.2, -0.15) is 0 Å². The molecule has 1 N–H and O–H groups in total. The standard InChI is InChI=1S/C18H25NO4/c1-11-7-12(2)17(13(3)8-11)23-10-16(20)19(15-5-6-15)9-14(4)18(21)22/h7-8,14-15H,5-6,9-10H2,1-4H3,(H,21,22). The number of ether oxygens (including phenoxy) is 1. The average molecular weight is 319 g/mol. The van der Waals surface area contributed by atoms with E-state index in [0.29, 0.717) is 0 Å². The van der Waals surface area contributed by atoms with Crippen molar-refractivity contribution in [1.29, 1.82) is 0 Å². The van der Waals surface area contributed by atoms with Gasteiger partial charge in [0.05, 0.1) is 5.92 Å². The first-order valence-electron chi connectivity index (χ1n) is 8.02. The third kappa shape index (κ3) is 4.47. The van der Waals surface area contributed by atoms with E-state index in [0.717, 1.165) is 35.3 Å². The zero-order chi connectivity index (χ0) is 17.1. The van der Waals surface area contributed by atoms with E-state index in [4.69, 9.17) is 9.84 Å². The van der Waals surface area contributed by atoms with Crippen LogP contribution in [0.2, 0.25) is 0 Å². The van der Waals surface area contributed by atoms with Crippen molar-refractivity contribution < 1.29 is 19.4 Å². The summed E-state index contributed by atoms with van der Waals surface area (Å²) in [6.07, 6.45) is 1.89. The fourth-order valence-corrected chi connectivity index (χ4v) is 2.83. The summed E-state index contributed by atoms with van der Waals surface area (Å²) in [5, 5.41) is 9.05. The summed E-state index contributed by atoms with van der Waals surface area (Å²) in [6, 6.07) is 4.23. The summed E-state index contributed by atoms with van der Waals surface area (Å²) in [4.78, 5) is 25.1. The molecular formula is C18H25NO4. The lowest BCUT2D eigenvalue weighted by Crippen LogP contribution is -2.41. The van der Waals surface area contributed by atoms with Gasteiger partial charge in [-0.15, -0.1) is 0 Å². The smallest absolute Gasteiger partial charge is 0.308 e. The largest absolute Gasteiger partial charge is 0.483 e. The Morgan fingerprint density at radius 1 is 1.26 bits per heavy atom. The lowest BCUT2D eigenvalue weighted by Gasteiger charge is -2.25. The second kappa shape index (κ2) is 7.02. The van der Waals surface area contributed by atoms with Crippen molar-refractivity contribution >= 4 is 11.9 Å². The van der Waals surface area contributed by atoms with Crippen LogP contribution in [0.4, 0.5) is 0 Å². The highest BCUT2D eigenvalue weighted by Gasteiger charge is 2.34. The molecule has 1 aromatic carbocycles. The number of hydrogen-bond acceptors (Lipinski definition) is 3. The van der Waals surface area contributed by atoms with Crippen LogP contribution in [0.15, 0.2) is 12.1 Å². The molecule has 1 aromatic rings. The topological polar surface area (TPSA) is 66.8 Å². The molecule has 2 rings (SSSR count). The van der Waals surface area contributed by atoms with Crippen LogP contribution in [0.25, 0.3) is 0 Å². The van der Waals surface area contributed by atoms with Gasteiger partial charge in [0, 0.05) is 12.6 Å². The lowest BCUT2D eigenvalue weighted by atomic mass is 10.1. The van der Waals surface area contributed by atoms with Gasteiger partial charge in [0.15, 0.2) is 6.61 Å². The second-order valence-electron chi connectivity index (χ2n) is 6.53. The van der Waals surface area contributed by atoms with Gasteiger partial charge in [0.25, 0.3) is 5.91 Å². The van der Waals surface area contributed by atoms with E-state index in [1.54, 1.807) is 11.8 Å². The molecule has 0 heterocycles. The van der Waals surface area contributed by atoms with E-state index >= 15 is 0 Å². The molecule has 23 heavy (non-hydrogen) atoms. The Morgan fingerprint density at radius 3 is 2.30 bits per heavy atom. The number of rotatable bonds is 7. The summed E-state index contributed by atoms with van der Waals surface area (Å²) in [5.74, 6) is -0.844. The maximum absolute atomic E-state index is 12.5. The summed E-state index contributed by atoms with van der Waals surface area (Å²) < 4.78 is 5.75. The number of benzene rings is 1. The molecule has 1 aliphatic rings. The van der Waals surface area contributed by atoms with Crippen molar-refractivity contribution in [1.82, 2.24) is 4.90 Å². The molecule has 1 fully saturated rings. The highest BCUT2D eigenvalue weighted by molar-refractivity contribution is 5.79. The monoisotopic (exact) mass is 319 g/mol. The second-order valence-corrected chi connectivity index (χ2v) is 6.53. The van der Waals surface area contributed by atoms with Crippen molar-refractivity contribution in [3.8, 4) is 5.75 Å². The fourth-order valence-electron chi connectivity index (χ4n) is 2.83. The molecule has 0 radical (unpaired) electrons. The summed E-state index contributed by atoms with van der Waals surface area (Å²) in [7, 11) is 0. The Bertz CT molecular complexity index is 584. The number of aryl methyl sites for hydroxylation is 3. The van der Waals surface area contributed by atoms with E-state index in [1.165, 1.54) is 0 Å². The third-order valence-electron chi connectivity index (χ3n) is 4.14. The summed E-state index contributed by atoms with van der Waals surface area (Å²) in [5.41, 5.74) is 3.17. The van der Waals surface area contributed by atoms with E-state index in [1.807, 2.05) is 32.9 Å². The van der Waals surface area contributed by atoms with Gasteiger partial charge >= 0.3 is 5.97 Å². The molecule has 5 heteroatoms. The highest BCUT2D eigenvalue weighted by atomic mass is 16.5. The van der Waals surface area contributed by atoms with Crippen molar-refractivity contribution in [2.45, 2.75) is 46.6 Å². The first-order valence-corrected chi connectivity index (χ1v) is 8.02. The van der Waals surface area contributed by atoms with Crippen molar-refractivity contribution in [3.63, 3.8) is 0 Å². The van der Waals surface area contributed by atoms with Crippen LogP contribution in [0.1, 0.15) is 36.5 Å². The predicted octanol–water partition coefficient (Wildman–Crippen LogP) is 2.70. The Kier molecular flexibility index (Phi) is 5.29. The van der Waals surface area contributed by atoms with Crippen LogP contribution < -0.4 is 4.74 Å². The number of nitrogens with zero attached hydrogens (tertiary/aromatic N) is 1. The first-order chi connectivity index (χ1) is 10.8. The van der Waals surface area contributed by atoms with Gasteiger partial charge in [0.1, 0.15) is 5.75 Å². The van der Waals surface area contributed by atoms with Gasteiger partial charge in [-0.1, -0.05) is 24.6 Å². The Balaban J connectivity index is 2.01. The number of hydrogen-bond donors (Lipinski definition) is 1. The number of amides is 1. The molecule has 0 aromatic heterocycles. The number of carboxylic acids is 1. The molecule has 0 aliphatic heterocycles. The van der Waals surface area contributed by atoms with Gasteiger partial charge in [-0.3, -0.25) is 9.59 Å². The molecule has 0 saturated heterocycles. The third-order valence-corrected chi connectivity index (χ3v) is 4.14. The highest BCUT2D eigenvalue weighted by Crippen LogP contribution is 2.29. The number of carbonyl (C=O) groups excluding carboxylic acids is 1. The van der Waals surface area contributed by atoms with E-state index in [9.17, 15) is 9.59 Å². The molecule has 1 amide bonds. The maximum atomic E-state index is 12.5. The van der Waals surface area contributed by atoms with Gasteiger partial charge in [0.2, 0.25) is 0 Å². The van der Waals surface area contributed by atoms with Crippen molar-refractivity contribution in [2.24, 2.45) is 5.92 Å². The Morgan fingerprint density at radius 2 is 1.83 bits per heavy atom. The zero-order valence-electron chi connectivity index (χ0n) is 14.3. The van der Waals surface area contributed by atoms with Crippen LogP contribution in [0.5, 0.6) is 5.75 Å². The minimum absolute atomic E-state index is 0.0480. The van der Waals surface area contributed by atoms with E-state index < -0.39 is 11.9 Å². The normalized spacial score (nSPS) is 15.1. The van der Waals surface area contributed by atoms with E-state index in [2.05, 4.69) is 0 Å². The van der Waals surface area contributed by atoms with Gasteiger partial charge < -0.3 is 14.7 Å². The van der Waals surface area contributed by atoms with Crippen LogP contribution in [-0.2, 0) is 9.59 Å². The molecule has 0 spiro atoms. The molecule has 126 valence electrons. The lowest BCUT2D eigenvalue weighted by molar-refractivity contribution is -0.143. The average Bonchev–Trinajstić information content (AvgIpc) is 3.27. The molecule has 0 bridgehead atoms. The van der Waals surface area contributed by atoms with Crippen LogP contribution in [-0.4, -0.2) is 41.1 Å². The summed E-state index contributed by atoms with van der Waals surface area (Å²) in [6.45, 7) is 7.77. The van der Waals surface area contributed by atoms with E-state index in [-0.39, 0.29) is 25.1 Å². The molecule has 1 aliphatic carbocycles. The minimum atomic E-state index is -0.880. The van der Waals surface area contributed by atoms with Gasteiger partial charge in [-0.25, -0.2) is 0 Å². The maximum Gasteiger partial charge on any atom is 0.308 e. The van der Waals surface area contributed by atoms with Crippen molar-refractivity contribution in [3.05, 3.63) is 28.8 Å². The molecule has 1 atom stereocenters. The molecule has 5 nitrogen and oxygen atoms in total. The molecule has 1 saturated carbocycles. The SMILES string of the molecule is Cc1cc(C)c(OCC(=O)N(CC(C)C(=O)O)C2CC2)c(C)c1.